The number of carbonyl (C=O) groups excluding carboxylic acids is 1. The summed E-state index contributed by atoms with van der Waals surface area (Å²) in [5.41, 5.74) is 0.239. The van der Waals surface area contributed by atoms with E-state index in [0.717, 1.165) is 35.5 Å². The average molecular weight is 543 g/mol. The fourth-order valence-corrected chi connectivity index (χ4v) is 3.29. The molecule has 0 aliphatic heterocycles. The topological polar surface area (TPSA) is 202 Å². The molecule has 1 unspecified atom stereocenters. The minimum Gasteiger partial charge on any atom is -0.507 e. The number of phenolic OH excluding ortho intramolecular Hbond substituents is 1. The van der Waals surface area contributed by atoms with Gasteiger partial charge in [-0.05, 0) is 24.5 Å². The Labute approximate surface area is 221 Å². The molecule has 0 aromatic heterocycles. The fourth-order valence-electron chi connectivity index (χ4n) is 3.29. The van der Waals surface area contributed by atoms with E-state index < -0.39 is 56.0 Å². The van der Waals surface area contributed by atoms with Gasteiger partial charge in [-0.2, -0.15) is 0 Å². The van der Waals surface area contributed by atoms with Crippen molar-refractivity contribution < 1.29 is 54.2 Å². The van der Waals surface area contributed by atoms with E-state index in [1.54, 1.807) is 18.2 Å². The number of carboxylic acids is 4. The van der Waals surface area contributed by atoms with Gasteiger partial charge in [0, 0.05) is 13.1 Å². The van der Waals surface area contributed by atoms with E-state index in [-0.39, 0.29) is 24.4 Å². The second kappa shape index (κ2) is 19.4. The SMILES string of the molecule is CCCCC(CC)COC(=O)c1ccccc1O.O=C(O)CN(CCN(CC(=O)O)CC(=O)O)CC(=O)O. The molecule has 38 heavy (non-hydrogen) atoms. The Hall–Kier alpha value is -3.71. The minimum atomic E-state index is -1.23. The molecule has 0 spiro atoms. The van der Waals surface area contributed by atoms with Crippen molar-refractivity contribution in [2.45, 2.75) is 39.5 Å². The molecule has 1 aromatic carbocycles. The van der Waals surface area contributed by atoms with Gasteiger partial charge in [0.05, 0.1) is 32.8 Å². The monoisotopic (exact) mass is 542 g/mol. The van der Waals surface area contributed by atoms with Crippen LogP contribution in [0.4, 0.5) is 0 Å². The number of carbonyl (C=O) groups is 5. The minimum absolute atomic E-state index is 0.0240. The van der Waals surface area contributed by atoms with E-state index in [9.17, 15) is 29.1 Å². The molecule has 5 N–H and O–H groups in total. The molecule has 1 atom stereocenters. The van der Waals surface area contributed by atoms with Crippen LogP contribution in [0.2, 0.25) is 0 Å². The number of unbranched alkanes of at least 4 members (excludes halogenated alkanes) is 1. The van der Waals surface area contributed by atoms with Gasteiger partial charge in [0.15, 0.2) is 0 Å². The number of ether oxygens (including phenoxy) is 1. The zero-order valence-electron chi connectivity index (χ0n) is 21.7. The summed E-state index contributed by atoms with van der Waals surface area (Å²) in [6.07, 6.45) is 4.41. The molecule has 0 fully saturated rings. The van der Waals surface area contributed by atoms with Crippen molar-refractivity contribution in [3.05, 3.63) is 29.8 Å². The fraction of sp³-hybridized carbons (Fsp3) is 0.560. The first-order valence-corrected chi connectivity index (χ1v) is 12.2. The van der Waals surface area contributed by atoms with E-state index in [1.165, 1.54) is 6.07 Å². The summed E-state index contributed by atoms with van der Waals surface area (Å²) in [5.74, 6) is -4.96. The number of hydrogen-bond donors (Lipinski definition) is 5. The third-order valence-corrected chi connectivity index (χ3v) is 5.29. The van der Waals surface area contributed by atoms with E-state index in [0.29, 0.717) is 12.5 Å². The molecule has 1 aromatic rings. The first-order chi connectivity index (χ1) is 17.9. The summed E-state index contributed by atoms with van der Waals surface area (Å²) in [6, 6.07) is 6.46. The zero-order chi connectivity index (χ0) is 29.1. The lowest BCUT2D eigenvalue weighted by Gasteiger charge is -2.23. The molecular formula is C25H38N2O11. The Kier molecular flexibility index (Phi) is 17.5. The highest BCUT2D eigenvalue weighted by atomic mass is 16.5. The average Bonchev–Trinajstić information content (AvgIpc) is 2.81. The lowest BCUT2D eigenvalue weighted by molar-refractivity contribution is -0.145. The van der Waals surface area contributed by atoms with Gasteiger partial charge in [-0.1, -0.05) is 45.2 Å². The Balaban J connectivity index is 0.000000724. The van der Waals surface area contributed by atoms with Crippen molar-refractivity contribution in [1.82, 2.24) is 9.80 Å². The van der Waals surface area contributed by atoms with Crippen LogP contribution in [0.3, 0.4) is 0 Å². The molecular weight excluding hydrogens is 504 g/mol. The van der Waals surface area contributed by atoms with Crippen LogP contribution >= 0.6 is 0 Å². The molecule has 0 aliphatic carbocycles. The van der Waals surface area contributed by atoms with Gasteiger partial charge in [0.1, 0.15) is 11.3 Å². The van der Waals surface area contributed by atoms with Gasteiger partial charge in [0.2, 0.25) is 0 Å². The van der Waals surface area contributed by atoms with Crippen molar-refractivity contribution in [2.75, 3.05) is 45.9 Å². The maximum atomic E-state index is 11.8. The zero-order valence-corrected chi connectivity index (χ0v) is 21.7. The van der Waals surface area contributed by atoms with Crippen LogP contribution in [0.25, 0.3) is 0 Å². The summed E-state index contributed by atoms with van der Waals surface area (Å²) < 4.78 is 5.26. The van der Waals surface area contributed by atoms with Crippen LogP contribution in [0.15, 0.2) is 24.3 Å². The van der Waals surface area contributed by atoms with Crippen molar-refractivity contribution in [3.63, 3.8) is 0 Å². The van der Waals surface area contributed by atoms with Crippen molar-refractivity contribution >= 4 is 29.8 Å². The number of benzene rings is 1. The molecule has 0 saturated carbocycles. The van der Waals surface area contributed by atoms with Crippen molar-refractivity contribution in [2.24, 2.45) is 5.92 Å². The second-order valence-corrected chi connectivity index (χ2v) is 8.53. The quantitative estimate of drug-likeness (QED) is 0.168. The Bertz CT molecular complexity index is 839. The normalized spacial score (nSPS) is 11.4. The largest absolute Gasteiger partial charge is 0.507 e. The highest BCUT2D eigenvalue weighted by Gasteiger charge is 2.18. The smallest absolute Gasteiger partial charge is 0.341 e. The summed E-state index contributed by atoms with van der Waals surface area (Å²) in [6.45, 7) is 2.44. The summed E-state index contributed by atoms with van der Waals surface area (Å²) >= 11 is 0. The number of esters is 1. The number of nitrogens with zero attached hydrogens (tertiary/aromatic N) is 2. The number of rotatable bonds is 18. The van der Waals surface area contributed by atoms with Crippen LogP contribution in [0.5, 0.6) is 5.75 Å². The molecule has 0 aliphatic rings. The maximum Gasteiger partial charge on any atom is 0.341 e. The van der Waals surface area contributed by atoms with E-state index in [4.69, 9.17) is 25.2 Å². The molecule has 0 amide bonds. The lowest BCUT2D eigenvalue weighted by atomic mass is 10.0. The number of aliphatic carboxylic acids is 4. The molecule has 0 saturated heterocycles. The predicted octanol–water partition coefficient (Wildman–Crippen LogP) is 1.69. The molecule has 214 valence electrons. The van der Waals surface area contributed by atoms with Crippen molar-refractivity contribution in [1.29, 1.82) is 0 Å². The third kappa shape index (κ3) is 16.9. The first-order valence-electron chi connectivity index (χ1n) is 12.2. The van der Waals surface area contributed by atoms with Crippen LogP contribution in [-0.2, 0) is 23.9 Å². The first kappa shape index (κ1) is 34.3. The van der Waals surface area contributed by atoms with Crippen LogP contribution in [-0.4, -0.2) is 111 Å². The molecule has 0 bridgehead atoms. The predicted molar refractivity (Wildman–Crippen MR) is 135 cm³/mol. The Morgan fingerprint density at radius 2 is 1.24 bits per heavy atom. The summed E-state index contributed by atoms with van der Waals surface area (Å²) in [5, 5.41) is 44.0. The van der Waals surface area contributed by atoms with Crippen LogP contribution < -0.4 is 0 Å². The standard InChI is InChI=1S/C15H22O3.C10H16N2O8/c1-3-5-8-12(4-2)11-18-15(17)13-9-6-7-10-14(13)16;13-7(14)3-11(4-8(15)16)1-2-12(5-9(17)18)6-10(19)20/h6-7,9-10,12,16H,3-5,8,11H2,1-2H3;1-6H2,(H,13,14)(H,15,16)(H,17,18)(H,19,20). The highest BCUT2D eigenvalue weighted by molar-refractivity contribution is 5.92. The number of para-hydroxylation sites is 1. The van der Waals surface area contributed by atoms with E-state index in [1.807, 2.05) is 0 Å². The molecule has 1 rings (SSSR count). The van der Waals surface area contributed by atoms with Crippen molar-refractivity contribution in [3.8, 4) is 5.75 Å². The summed E-state index contributed by atoms with van der Waals surface area (Å²) in [4.78, 5) is 56.1. The highest BCUT2D eigenvalue weighted by Crippen LogP contribution is 2.18. The van der Waals surface area contributed by atoms with Crippen LogP contribution in [0.1, 0.15) is 49.9 Å². The van der Waals surface area contributed by atoms with Gasteiger partial charge >= 0.3 is 29.8 Å². The number of aromatic hydroxyl groups is 1. The van der Waals surface area contributed by atoms with Gasteiger partial charge < -0.3 is 30.3 Å². The van der Waals surface area contributed by atoms with Crippen LogP contribution in [0, 0.1) is 5.92 Å². The second-order valence-electron chi connectivity index (χ2n) is 8.53. The molecule has 13 nitrogen and oxygen atoms in total. The summed E-state index contributed by atoms with van der Waals surface area (Å²) in [7, 11) is 0. The Morgan fingerprint density at radius 1 is 0.789 bits per heavy atom. The number of phenols is 1. The molecule has 13 heteroatoms. The van der Waals surface area contributed by atoms with E-state index >= 15 is 0 Å². The van der Waals surface area contributed by atoms with Gasteiger partial charge in [-0.25, -0.2) is 4.79 Å². The maximum absolute atomic E-state index is 11.8. The van der Waals surface area contributed by atoms with E-state index in [2.05, 4.69) is 13.8 Å². The number of carboxylic acid groups (broad SMARTS) is 4. The van der Waals surface area contributed by atoms with Gasteiger partial charge in [-0.3, -0.25) is 29.0 Å². The van der Waals surface area contributed by atoms with Gasteiger partial charge in [0.25, 0.3) is 0 Å². The lowest BCUT2D eigenvalue weighted by Crippen LogP contribution is -2.43. The molecule has 0 radical (unpaired) electrons. The third-order valence-electron chi connectivity index (χ3n) is 5.29. The van der Waals surface area contributed by atoms with Gasteiger partial charge in [-0.15, -0.1) is 0 Å². The molecule has 0 heterocycles. The Morgan fingerprint density at radius 3 is 1.61 bits per heavy atom. The number of hydrogen-bond acceptors (Lipinski definition) is 9.